The number of nitrogens with one attached hydrogen (secondary N) is 1. The Hall–Kier alpha value is -1.15. The predicted molar refractivity (Wildman–Crippen MR) is 69.4 cm³/mol. The van der Waals surface area contributed by atoms with Gasteiger partial charge in [0, 0.05) is 18.4 Å². The summed E-state index contributed by atoms with van der Waals surface area (Å²) in [7, 11) is 0. The fourth-order valence-electron chi connectivity index (χ4n) is 1.79. The van der Waals surface area contributed by atoms with E-state index in [4.69, 9.17) is 0 Å². The first-order valence-corrected chi connectivity index (χ1v) is 5.92. The number of nitrogens with zero attached hydrogens (tertiary/aromatic N) is 1. The Morgan fingerprint density at radius 1 is 1.50 bits per heavy atom. The Morgan fingerprint density at radius 3 is 2.81 bits per heavy atom. The van der Waals surface area contributed by atoms with Gasteiger partial charge in [-0.15, -0.1) is 6.58 Å². The molecule has 0 saturated carbocycles. The van der Waals surface area contributed by atoms with E-state index in [1.165, 1.54) is 16.7 Å². The van der Waals surface area contributed by atoms with Crippen LogP contribution in [0, 0.1) is 6.92 Å². The van der Waals surface area contributed by atoms with Crippen molar-refractivity contribution in [2.75, 3.05) is 6.54 Å². The van der Waals surface area contributed by atoms with E-state index in [9.17, 15) is 0 Å². The van der Waals surface area contributed by atoms with Crippen molar-refractivity contribution in [2.45, 2.75) is 39.7 Å². The molecule has 0 aliphatic rings. The van der Waals surface area contributed by atoms with E-state index in [0.29, 0.717) is 6.04 Å². The van der Waals surface area contributed by atoms with Crippen molar-refractivity contribution in [3.63, 3.8) is 0 Å². The second-order valence-electron chi connectivity index (χ2n) is 4.40. The van der Waals surface area contributed by atoms with Gasteiger partial charge in [-0.25, -0.2) is 0 Å². The number of aryl methyl sites for hydroxylation is 1. The van der Waals surface area contributed by atoms with Crippen molar-refractivity contribution in [3.8, 4) is 0 Å². The van der Waals surface area contributed by atoms with E-state index in [1.807, 2.05) is 12.4 Å². The fourth-order valence-corrected chi connectivity index (χ4v) is 1.79. The smallest absolute Gasteiger partial charge is 0.0338 e. The molecule has 0 saturated heterocycles. The highest BCUT2D eigenvalue weighted by molar-refractivity contribution is 5.20. The summed E-state index contributed by atoms with van der Waals surface area (Å²) in [5.41, 5.74) is 3.74. The number of hydrogen-bond donors (Lipinski definition) is 1. The SMILES string of the molecule is C=C(C)CCC(NCC)c1cncc(C)c1. The van der Waals surface area contributed by atoms with Crippen molar-refractivity contribution in [2.24, 2.45) is 0 Å². The number of hydrogen-bond acceptors (Lipinski definition) is 2. The number of pyridine rings is 1. The molecule has 0 aromatic carbocycles. The van der Waals surface area contributed by atoms with E-state index in [-0.39, 0.29) is 0 Å². The van der Waals surface area contributed by atoms with Crippen molar-refractivity contribution < 1.29 is 0 Å². The molecule has 2 nitrogen and oxygen atoms in total. The van der Waals surface area contributed by atoms with Gasteiger partial charge in [-0.2, -0.15) is 0 Å². The third kappa shape index (κ3) is 4.15. The third-order valence-electron chi connectivity index (χ3n) is 2.61. The lowest BCUT2D eigenvalue weighted by Crippen LogP contribution is -2.21. The molecule has 0 aliphatic carbocycles. The maximum Gasteiger partial charge on any atom is 0.0338 e. The van der Waals surface area contributed by atoms with Crippen LogP contribution in [0.3, 0.4) is 0 Å². The average molecular weight is 218 g/mol. The van der Waals surface area contributed by atoms with E-state index in [2.05, 4.69) is 43.7 Å². The van der Waals surface area contributed by atoms with Gasteiger partial charge in [0.05, 0.1) is 0 Å². The minimum absolute atomic E-state index is 0.397. The van der Waals surface area contributed by atoms with Crippen LogP contribution in [0.1, 0.15) is 43.9 Å². The highest BCUT2D eigenvalue weighted by atomic mass is 14.9. The van der Waals surface area contributed by atoms with Crippen LogP contribution in [-0.2, 0) is 0 Å². The van der Waals surface area contributed by atoms with Crippen LogP contribution >= 0.6 is 0 Å². The lowest BCUT2D eigenvalue weighted by atomic mass is 10.0. The molecule has 0 radical (unpaired) electrons. The van der Waals surface area contributed by atoms with Crippen LogP contribution in [-0.4, -0.2) is 11.5 Å². The summed E-state index contributed by atoms with van der Waals surface area (Å²) in [5.74, 6) is 0. The zero-order valence-electron chi connectivity index (χ0n) is 10.6. The van der Waals surface area contributed by atoms with E-state index in [0.717, 1.165) is 19.4 Å². The van der Waals surface area contributed by atoms with Crippen LogP contribution in [0.2, 0.25) is 0 Å². The van der Waals surface area contributed by atoms with Gasteiger partial charge >= 0.3 is 0 Å². The molecule has 1 atom stereocenters. The van der Waals surface area contributed by atoms with Gasteiger partial charge in [-0.1, -0.05) is 18.6 Å². The molecule has 1 N–H and O–H groups in total. The molecular formula is C14H22N2. The average Bonchev–Trinajstić information content (AvgIpc) is 2.24. The first-order chi connectivity index (χ1) is 7.63. The molecule has 0 bridgehead atoms. The predicted octanol–water partition coefficient (Wildman–Crippen LogP) is 3.40. The zero-order chi connectivity index (χ0) is 12.0. The normalized spacial score (nSPS) is 12.4. The third-order valence-corrected chi connectivity index (χ3v) is 2.61. The first kappa shape index (κ1) is 12.9. The van der Waals surface area contributed by atoms with Crippen molar-refractivity contribution in [3.05, 3.63) is 41.7 Å². The summed E-state index contributed by atoms with van der Waals surface area (Å²) in [4.78, 5) is 4.25. The molecule has 0 aliphatic heterocycles. The number of allylic oxidation sites excluding steroid dienone is 1. The second kappa shape index (κ2) is 6.44. The maximum atomic E-state index is 4.25. The zero-order valence-corrected chi connectivity index (χ0v) is 10.6. The standard InChI is InChI=1S/C14H22N2/c1-5-16-14(7-6-11(2)3)13-8-12(4)9-15-10-13/h8-10,14,16H,2,5-7H2,1,3-4H3. The highest BCUT2D eigenvalue weighted by Crippen LogP contribution is 2.20. The molecule has 0 amide bonds. The van der Waals surface area contributed by atoms with Gasteiger partial charge < -0.3 is 5.32 Å². The van der Waals surface area contributed by atoms with E-state index in [1.54, 1.807) is 0 Å². The second-order valence-corrected chi connectivity index (χ2v) is 4.40. The van der Waals surface area contributed by atoms with Gasteiger partial charge in [-0.05, 0) is 44.4 Å². The lowest BCUT2D eigenvalue weighted by Gasteiger charge is -2.18. The Bertz CT molecular complexity index is 344. The van der Waals surface area contributed by atoms with Crippen LogP contribution in [0.15, 0.2) is 30.6 Å². The van der Waals surface area contributed by atoms with Crippen LogP contribution < -0.4 is 5.32 Å². The minimum atomic E-state index is 0.397. The molecule has 2 heteroatoms. The van der Waals surface area contributed by atoms with Crippen LogP contribution in [0.4, 0.5) is 0 Å². The Kier molecular flexibility index (Phi) is 5.20. The highest BCUT2D eigenvalue weighted by Gasteiger charge is 2.10. The van der Waals surface area contributed by atoms with Gasteiger partial charge in [0.15, 0.2) is 0 Å². The lowest BCUT2D eigenvalue weighted by molar-refractivity contribution is 0.513. The Morgan fingerprint density at radius 2 is 2.25 bits per heavy atom. The number of rotatable bonds is 6. The van der Waals surface area contributed by atoms with Gasteiger partial charge in [-0.3, -0.25) is 4.98 Å². The molecule has 1 unspecified atom stereocenters. The summed E-state index contributed by atoms with van der Waals surface area (Å²) >= 11 is 0. The first-order valence-electron chi connectivity index (χ1n) is 5.92. The summed E-state index contributed by atoms with van der Waals surface area (Å²) in [6, 6.07) is 2.60. The van der Waals surface area contributed by atoms with E-state index >= 15 is 0 Å². The molecule has 0 spiro atoms. The van der Waals surface area contributed by atoms with Gasteiger partial charge in [0.1, 0.15) is 0 Å². The van der Waals surface area contributed by atoms with Crippen molar-refractivity contribution in [1.82, 2.24) is 10.3 Å². The molecule has 1 rings (SSSR count). The molecular weight excluding hydrogens is 196 g/mol. The molecule has 1 aromatic heterocycles. The molecule has 1 aromatic rings. The van der Waals surface area contributed by atoms with Crippen molar-refractivity contribution >= 4 is 0 Å². The molecule has 16 heavy (non-hydrogen) atoms. The largest absolute Gasteiger partial charge is 0.310 e. The summed E-state index contributed by atoms with van der Waals surface area (Å²) in [5, 5.41) is 3.50. The quantitative estimate of drug-likeness (QED) is 0.740. The summed E-state index contributed by atoms with van der Waals surface area (Å²) < 4.78 is 0. The van der Waals surface area contributed by atoms with Crippen LogP contribution in [0.5, 0.6) is 0 Å². The maximum absolute atomic E-state index is 4.25. The van der Waals surface area contributed by atoms with Gasteiger partial charge in [0.25, 0.3) is 0 Å². The fraction of sp³-hybridized carbons (Fsp3) is 0.500. The van der Waals surface area contributed by atoms with Crippen molar-refractivity contribution in [1.29, 1.82) is 0 Å². The molecule has 1 heterocycles. The Balaban J connectivity index is 2.72. The van der Waals surface area contributed by atoms with Crippen LogP contribution in [0.25, 0.3) is 0 Å². The van der Waals surface area contributed by atoms with Gasteiger partial charge in [0.2, 0.25) is 0 Å². The molecule has 88 valence electrons. The molecule has 0 fully saturated rings. The minimum Gasteiger partial charge on any atom is -0.310 e. The summed E-state index contributed by atoms with van der Waals surface area (Å²) in [6.07, 6.45) is 6.00. The summed E-state index contributed by atoms with van der Waals surface area (Å²) in [6.45, 7) is 11.2. The topological polar surface area (TPSA) is 24.9 Å². The number of aromatic nitrogens is 1. The Labute approximate surface area is 98.8 Å². The monoisotopic (exact) mass is 218 g/mol. The van der Waals surface area contributed by atoms with E-state index < -0.39 is 0 Å².